The van der Waals surface area contributed by atoms with Gasteiger partial charge in [0.15, 0.2) is 5.78 Å². The van der Waals surface area contributed by atoms with Crippen LogP contribution in [-0.4, -0.2) is 25.7 Å². The van der Waals surface area contributed by atoms with Crippen LogP contribution in [0.15, 0.2) is 18.2 Å². The highest BCUT2D eigenvalue weighted by atomic mass is 35.5. The Bertz CT molecular complexity index is 627. The third-order valence-corrected chi connectivity index (χ3v) is 5.75. The van der Waals surface area contributed by atoms with E-state index in [4.69, 9.17) is 11.6 Å². The number of benzene rings is 1. The Hall–Kier alpha value is -0.940. The molecule has 2 rings (SSSR count). The van der Waals surface area contributed by atoms with Crippen molar-refractivity contribution >= 4 is 27.2 Å². The molecule has 1 fully saturated rings. The number of halogens is 2. The summed E-state index contributed by atoms with van der Waals surface area (Å²) >= 11 is 5.89. The van der Waals surface area contributed by atoms with Gasteiger partial charge in [-0.2, -0.15) is 0 Å². The number of sulfone groups is 1. The van der Waals surface area contributed by atoms with Gasteiger partial charge in [0.25, 0.3) is 0 Å². The number of ketones is 1. The van der Waals surface area contributed by atoms with Gasteiger partial charge in [-0.15, -0.1) is 0 Å². The molecule has 6 heteroatoms. The van der Waals surface area contributed by atoms with Crippen molar-refractivity contribution in [2.75, 3.05) is 6.26 Å². The maximum atomic E-state index is 13.0. The fourth-order valence-corrected chi connectivity index (χ4v) is 4.12. The minimum atomic E-state index is -3.14. The molecule has 0 amide bonds. The summed E-state index contributed by atoms with van der Waals surface area (Å²) in [7, 11) is -3.14. The Morgan fingerprint density at radius 1 is 1.35 bits per heavy atom. The second-order valence-corrected chi connectivity index (χ2v) is 8.04. The molecule has 0 saturated heterocycles. The molecule has 2 atom stereocenters. The Balaban J connectivity index is 2.21. The smallest absolute Gasteiger partial charge is 0.167 e. The fourth-order valence-electron chi connectivity index (χ4n) is 2.68. The van der Waals surface area contributed by atoms with Crippen LogP contribution < -0.4 is 0 Å². The maximum Gasteiger partial charge on any atom is 0.167 e. The van der Waals surface area contributed by atoms with Crippen LogP contribution in [0.2, 0.25) is 5.02 Å². The molecule has 0 heterocycles. The Morgan fingerprint density at radius 3 is 2.65 bits per heavy atom. The van der Waals surface area contributed by atoms with Crippen LogP contribution in [0, 0.1) is 11.7 Å². The van der Waals surface area contributed by atoms with Gasteiger partial charge < -0.3 is 0 Å². The van der Waals surface area contributed by atoms with Gasteiger partial charge in [-0.1, -0.05) is 18.0 Å². The van der Waals surface area contributed by atoms with Gasteiger partial charge in [-0.25, -0.2) is 12.8 Å². The lowest BCUT2D eigenvalue weighted by atomic mass is 9.83. The lowest BCUT2D eigenvalue weighted by Crippen LogP contribution is -2.31. The molecule has 3 nitrogen and oxygen atoms in total. The van der Waals surface area contributed by atoms with Gasteiger partial charge in [-0.05, 0) is 37.5 Å². The van der Waals surface area contributed by atoms with E-state index in [9.17, 15) is 17.6 Å². The number of hydrogen-bond donors (Lipinski definition) is 0. The molecule has 110 valence electrons. The summed E-state index contributed by atoms with van der Waals surface area (Å²) in [6.07, 6.45) is 3.48. The van der Waals surface area contributed by atoms with Crippen molar-refractivity contribution < 1.29 is 17.6 Å². The molecule has 0 radical (unpaired) electrons. The highest BCUT2D eigenvalue weighted by molar-refractivity contribution is 7.91. The van der Waals surface area contributed by atoms with E-state index in [0.29, 0.717) is 25.7 Å². The molecule has 1 aliphatic rings. The van der Waals surface area contributed by atoms with Crippen molar-refractivity contribution in [2.24, 2.45) is 5.92 Å². The van der Waals surface area contributed by atoms with E-state index in [1.165, 1.54) is 18.4 Å². The number of carbonyl (C=O) groups is 1. The molecule has 2 unspecified atom stereocenters. The van der Waals surface area contributed by atoms with Crippen molar-refractivity contribution in [1.82, 2.24) is 0 Å². The zero-order valence-corrected chi connectivity index (χ0v) is 12.7. The monoisotopic (exact) mass is 318 g/mol. The molecule has 1 aliphatic carbocycles. The second kappa shape index (κ2) is 5.82. The summed E-state index contributed by atoms with van der Waals surface area (Å²) in [5, 5.41) is -0.388. The van der Waals surface area contributed by atoms with Gasteiger partial charge in [-0.3, -0.25) is 4.79 Å². The molecule has 1 aromatic rings. The molecule has 0 aromatic heterocycles. The lowest BCUT2D eigenvalue weighted by molar-refractivity contribution is 0.0891. The van der Waals surface area contributed by atoms with Gasteiger partial charge in [0, 0.05) is 17.7 Å². The van der Waals surface area contributed by atoms with Crippen molar-refractivity contribution in [3.8, 4) is 0 Å². The summed E-state index contributed by atoms with van der Waals surface area (Å²) in [6, 6.07) is 3.66. The van der Waals surface area contributed by atoms with E-state index in [1.54, 1.807) is 0 Å². The minimum Gasteiger partial charge on any atom is -0.294 e. The fraction of sp³-hybridized carbons (Fsp3) is 0.500. The summed E-state index contributed by atoms with van der Waals surface area (Å²) in [5.74, 6) is -1.04. The molecular weight excluding hydrogens is 303 g/mol. The van der Waals surface area contributed by atoms with Gasteiger partial charge in [0.2, 0.25) is 0 Å². The van der Waals surface area contributed by atoms with E-state index in [-0.39, 0.29) is 22.3 Å². The zero-order chi connectivity index (χ0) is 14.9. The Labute approximate surface area is 123 Å². The minimum absolute atomic E-state index is 0.0801. The molecule has 0 aliphatic heterocycles. The van der Waals surface area contributed by atoms with E-state index >= 15 is 0 Å². The molecule has 0 spiro atoms. The third kappa shape index (κ3) is 3.38. The van der Waals surface area contributed by atoms with E-state index in [0.717, 1.165) is 6.07 Å². The van der Waals surface area contributed by atoms with Gasteiger partial charge >= 0.3 is 0 Å². The number of hydrogen-bond acceptors (Lipinski definition) is 3. The van der Waals surface area contributed by atoms with Crippen LogP contribution in [-0.2, 0) is 9.84 Å². The summed E-state index contributed by atoms with van der Waals surface area (Å²) in [6.45, 7) is 0. The largest absolute Gasteiger partial charge is 0.294 e. The molecule has 0 N–H and O–H groups in total. The standard InChI is InChI=1S/C14H16ClFO3S/c1-20(18,19)11-4-2-3-9(7-11)14(17)12-6-5-10(16)8-13(12)15/h5-6,8-9,11H,2-4,7H2,1H3. The quantitative estimate of drug-likeness (QED) is 0.804. The highest BCUT2D eigenvalue weighted by Gasteiger charge is 2.33. The van der Waals surface area contributed by atoms with E-state index in [2.05, 4.69) is 0 Å². The van der Waals surface area contributed by atoms with Gasteiger partial charge in [0.1, 0.15) is 15.7 Å². The van der Waals surface area contributed by atoms with Crippen LogP contribution in [0.1, 0.15) is 36.0 Å². The van der Waals surface area contributed by atoms with E-state index in [1.807, 2.05) is 0 Å². The Morgan fingerprint density at radius 2 is 2.05 bits per heavy atom. The number of rotatable bonds is 3. The van der Waals surface area contributed by atoms with Gasteiger partial charge in [0.05, 0.1) is 10.3 Å². The van der Waals surface area contributed by atoms with Crippen LogP contribution in [0.4, 0.5) is 4.39 Å². The predicted octanol–water partition coefficient (Wildman–Crippen LogP) is 3.27. The summed E-state index contributed by atoms with van der Waals surface area (Å²) in [4.78, 5) is 12.4. The van der Waals surface area contributed by atoms with E-state index < -0.39 is 20.9 Å². The van der Waals surface area contributed by atoms with Crippen LogP contribution in [0.5, 0.6) is 0 Å². The average molecular weight is 319 g/mol. The highest BCUT2D eigenvalue weighted by Crippen LogP contribution is 2.32. The SMILES string of the molecule is CS(=O)(=O)C1CCCC(C(=O)c2ccc(F)cc2Cl)C1. The normalized spacial score (nSPS) is 23.6. The molecule has 0 bridgehead atoms. The molecular formula is C14H16ClFO3S. The summed E-state index contributed by atoms with van der Waals surface area (Å²) < 4.78 is 36.2. The number of Topliss-reactive ketones (excluding diaryl/α,β-unsaturated/α-hetero) is 1. The first-order valence-corrected chi connectivity index (χ1v) is 8.80. The first-order chi connectivity index (χ1) is 9.29. The predicted molar refractivity (Wildman–Crippen MR) is 76.3 cm³/mol. The van der Waals surface area contributed by atoms with Crippen LogP contribution in [0.25, 0.3) is 0 Å². The molecule has 20 heavy (non-hydrogen) atoms. The second-order valence-electron chi connectivity index (χ2n) is 5.30. The van der Waals surface area contributed by atoms with Crippen molar-refractivity contribution in [3.05, 3.63) is 34.6 Å². The lowest BCUT2D eigenvalue weighted by Gasteiger charge is -2.27. The number of carbonyl (C=O) groups excluding carboxylic acids is 1. The third-order valence-electron chi connectivity index (χ3n) is 3.80. The maximum absolute atomic E-state index is 13.0. The first-order valence-electron chi connectivity index (χ1n) is 6.47. The van der Waals surface area contributed by atoms with Crippen molar-refractivity contribution in [3.63, 3.8) is 0 Å². The van der Waals surface area contributed by atoms with Crippen molar-refractivity contribution in [2.45, 2.75) is 30.9 Å². The average Bonchev–Trinajstić information content (AvgIpc) is 2.37. The van der Waals surface area contributed by atoms with Crippen LogP contribution >= 0.6 is 11.6 Å². The molecule has 1 aromatic carbocycles. The zero-order valence-electron chi connectivity index (χ0n) is 11.1. The molecule has 1 saturated carbocycles. The van der Waals surface area contributed by atoms with Crippen molar-refractivity contribution in [1.29, 1.82) is 0 Å². The Kier molecular flexibility index (Phi) is 4.49. The summed E-state index contributed by atoms with van der Waals surface area (Å²) in [5.41, 5.74) is 0.271. The first kappa shape index (κ1) is 15.4. The topological polar surface area (TPSA) is 51.2 Å². The van der Waals surface area contributed by atoms with Crippen LogP contribution in [0.3, 0.4) is 0 Å².